The molecular formula is C17H23FN6O3S. The van der Waals surface area contributed by atoms with Crippen LogP contribution in [0, 0.1) is 5.82 Å². The van der Waals surface area contributed by atoms with E-state index in [2.05, 4.69) is 15.0 Å². The molecule has 0 radical (unpaired) electrons. The second kappa shape index (κ2) is 6.96. The molecule has 28 heavy (non-hydrogen) atoms. The number of H-pyrrole nitrogens is 1. The third-order valence-electron chi connectivity index (χ3n) is 5.16. The van der Waals surface area contributed by atoms with Gasteiger partial charge in [-0.1, -0.05) is 0 Å². The van der Waals surface area contributed by atoms with E-state index in [0.717, 1.165) is 12.8 Å². The Bertz CT molecular complexity index is 1040. The summed E-state index contributed by atoms with van der Waals surface area (Å²) in [7, 11) is -3.68. The molecule has 1 saturated heterocycles. The summed E-state index contributed by atoms with van der Waals surface area (Å²) < 4.78 is 42.8. The molecule has 0 bridgehead atoms. The maximum atomic E-state index is 14.0. The van der Waals surface area contributed by atoms with Crippen molar-refractivity contribution in [3.05, 3.63) is 34.4 Å². The van der Waals surface area contributed by atoms with Gasteiger partial charge in [-0.2, -0.15) is 8.70 Å². The molecule has 3 heterocycles. The Labute approximate surface area is 162 Å². The van der Waals surface area contributed by atoms with Crippen LogP contribution in [0.25, 0.3) is 0 Å². The van der Waals surface area contributed by atoms with Crippen molar-refractivity contribution in [1.29, 1.82) is 0 Å². The molecule has 9 nitrogen and oxygen atoms in total. The number of anilines is 1. The summed E-state index contributed by atoms with van der Waals surface area (Å²) in [6.45, 7) is 5.06. The van der Waals surface area contributed by atoms with E-state index in [0.29, 0.717) is 19.0 Å². The summed E-state index contributed by atoms with van der Waals surface area (Å²) in [5.74, 6) is -0.499. The third-order valence-corrected chi connectivity index (χ3v) is 6.94. The molecule has 1 aliphatic carbocycles. The number of aromatic amines is 1. The highest BCUT2D eigenvalue weighted by Gasteiger charge is 2.33. The van der Waals surface area contributed by atoms with E-state index in [9.17, 15) is 17.6 Å². The number of rotatable bonds is 5. The van der Waals surface area contributed by atoms with Crippen LogP contribution in [-0.2, 0) is 10.0 Å². The second-order valence-electron chi connectivity index (χ2n) is 7.51. The maximum Gasteiger partial charge on any atom is 0.288 e. The summed E-state index contributed by atoms with van der Waals surface area (Å²) in [6.07, 6.45) is 4.72. The predicted molar refractivity (Wildman–Crippen MR) is 100 cm³/mol. The third kappa shape index (κ3) is 3.44. The summed E-state index contributed by atoms with van der Waals surface area (Å²) in [6, 6.07) is 0.121. The van der Waals surface area contributed by atoms with Crippen LogP contribution in [0.5, 0.6) is 0 Å². The molecule has 1 saturated carbocycles. The summed E-state index contributed by atoms with van der Waals surface area (Å²) in [5.41, 5.74) is -0.561. The lowest BCUT2D eigenvalue weighted by Crippen LogP contribution is -2.49. The number of piperazine rings is 1. The molecule has 2 fully saturated rings. The van der Waals surface area contributed by atoms with E-state index in [1.165, 1.54) is 16.8 Å². The first-order valence-corrected chi connectivity index (χ1v) is 10.8. The van der Waals surface area contributed by atoms with Gasteiger partial charge in [0, 0.05) is 44.3 Å². The average molecular weight is 410 g/mol. The van der Waals surface area contributed by atoms with Crippen LogP contribution in [0.15, 0.2) is 22.3 Å². The van der Waals surface area contributed by atoms with Crippen LogP contribution in [0.4, 0.5) is 10.3 Å². The van der Waals surface area contributed by atoms with Crippen molar-refractivity contribution in [3.63, 3.8) is 0 Å². The lowest BCUT2D eigenvalue weighted by atomic mass is 10.2. The highest BCUT2D eigenvalue weighted by atomic mass is 32.2. The number of aromatic nitrogens is 4. The molecule has 4 rings (SSSR count). The monoisotopic (exact) mass is 410 g/mol. The number of nitrogens with one attached hydrogen (secondary N) is 1. The summed E-state index contributed by atoms with van der Waals surface area (Å²) in [4.78, 5) is 24.5. The SMILES string of the molecule is CC(C)n1cnc(S(=O)(=O)N2CCN(c3nc(C4CC4)c(F)c(=O)[nH]3)CC2)c1. The van der Waals surface area contributed by atoms with E-state index in [-0.39, 0.29) is 35.8 Å². The van der Waals surface area contributed by atoms with Crippen molar-refractivity contribution in [3.8, 4) is 0 Å². The van der Waals surface area contributed by atoms with E-state index in [1.807, 2.05) is 13.8 Å². The summed E-state index contributed by atoms with van der Waals surface area (Å²) >= 11 is 0. The average Bonchev–Trinajstić information content (AvgIpc) is 3.38. The van der Waals surface area contributed by atoms with Gasteiger partial charge in [-0.05, 0) is 26.7 Å². The molecule has 2 aromatic rings. The molecular weight excluding hydrogens is 387 g/mol. The van der Waals surface area contributed by atoms with Gasteiger partial charge in [0.15, 0.2) is 5.03 Å². The molecule has 152 valence electrons. The van der Waals surface area contributed by atoms with Gasteiger partial charge in [0.1, 0.15) is 0 Å². The number of hydrogen-bond acceptors (Lipinski definition) is 6. The first-order chi connectivity index (χ1) is 13.3. The molecule has 1 N–H and O–H groups in total. The lowest BCUT2D eigenvalue weighted by molar-refractivity contribution is 0.380. The number of imidazole rings is 1. The number of nitrogens with zero attached hydrogens (tertiary/aromatic N) is 5. The van der Waals surface area contributed by atoms with Gasteiger partial charge in [0.05, 0.1) is 12.0 Å². The second-order valence-corrected chi connectivity index (χ2v) is 9.39. The Hall–Kier alpha value is -2.27. The lowest BCUT2D eigenvalue weighted by Gasteiger charge is -2.33. The zero-order chi connectivity index (χ0) is 20.1. The van der Waals surface area contributed by atoms with Crippen LogP contribution in [0.2, 0.25) is 0 Å². The van der Waals surface area contributed by atoms with Gasteiger partial charge in [0.25, 0.3) is 15.6 Å². The Morgan fingerprint density at radius 3 is 2.46 bits per heavy atom. The van der Waals surface area contributed by atoms with Gasteiger partial charge in [0.2, 0.25) is 11.8 Å². The minimum absolute atomic E-state index is 0.0128. The molecule has 2 aliphatic rings. The molecule has 2 aromatic heterocycles. The van der Waals surface area contributed by atoms with Crippen LogP contribution in [0.3, 0.4) is 0 Å². The fourth-order valence-corrected chi connectivity index (χ4v) is 4.59. The number of sulfonamides is 1. The van der Waals surface area contributed by atoms with Gasteiger partial charge in [-0.3, -0.25) is 9.78 Å². The molecule has 0 atom stereocenters. The van der Waals surface area contributed by atoms with Gasteiger partial charge >= 0.3 is 0 Å². The van der Waals surface area contributed by atoms with Crippen molar-refractivity contribution < 1.29 is 12.8 Å². The molecule has 1 aliphatic heterocycles. The zero-order valence-corrected chi connectivity index (χ0v) is 16.6. The first kappa shape index (κ1) is 19.1. The zero-order valence-electron chi connectivity index (χ0n) is 15.8. The fourth-order valence-electron chi connectivity index (χ4n) is 3.25. The quantitative estimate of drug-likeness (QED) is 0.791. The van der Waals surface area contributed by atoms with Gasteiger partial charge in [-0.15, -0.1) is 0 Å². The maximum absolute atomic E-state index is 14.0. The molecule has 0 aromatic carbocycles. The van der Waals surface area contributed by atoms with E-state index in [4.69, 9.17) is 0 Å². The van der Waals surface area contributed by atoms with Crippen molar-refractivity contribution >= 4 is 16.0 Å². The van der Waals surface area contributed by atoms with Crippen LogP contribution in [0.1, 0.15) is 44.3 Å². The largest absolute Gasteiger partial charge is 0.340 e. The minimum atomic E-state index is -3.68. The predicted octanol–water partition coefficient (Wildman–Crippen LogP) is 1.07. The van der Waals surface area contributed by atoms with Crippen LogP contribution >= 0.6 is 0 Å². The van der Waals surface area contributed by atoms with Gasteiger partial charge in [-0.25, -0.2) is 18.4 Å². The topological polar surface area (TPSA) is 104 Å². The first-order valence-electron chi connectivity index (χ1n) is 9.35. The highest BCUT2D eigenvalue weighted by Crippen LogP contribution is 2.39. The van der Waals surface area contributed by atoms with E-state index >= 15 is 0 Å². The Morgan fingerprint density at radius 2 is 1.89 bits per heavy atom. The Morgan fingerprint density at radius 1 is 1.21 bits per heavy atom. The van der Waals surface area contributed by atoms with Crippen molar-refractivity contribution in [1.82, 2.24) is 23.8 Å². The van der Waals surface area contributed by atoms with Gasteiger partial charge < -0.3 is 9.47 Å². The Balaban J connectivity index is 1.49. The smallest absolute Gasteiger partial charge is 0.288 e. The molecule has 11 heteroatoms. The fraction of sp³-hybridized carbons (Fsp3) is 0.588. The number of hydrogen-bond donors (Lipinski definition) is 1. The Kier molecular flexibility index (Phi) is 4.74. The minimum Gasteiger partial charge on any atom is -0.340 e. The van der Waals surface area contributed by atoms with Crippen LogP contribution in [-0.4, -0.2) is 58.4 Å². The van der Waals surface area contributed by atoms with Crippen molar-refractivity contribution in [2.45, 2.75) is 43.7 Å². The normalized spacial score (nSPS) is 18.8. The van der Waals surface area contributed by atoms with Crippen molar-refractivity contribution in [2.75, 3.05) is 31.1 Å². The molecule has 0 unspecified atom stereocenters. The van der Waals surface area contributed by atoms with E-state index in [1.54, 1.807) is 9.47 Å². The van der Waals surface area contributed by atoms with Crippen molar-refractivity contribution in [2.24, 2.45) is 0 Å². The van der Waals surface area contributed by atoms with E-state index < -0.39 is 21.4 Å². The molecule has 0 amide bonds. The highest BCUT2D eigenvalue weighted by molar-refractivity contribution is 7.89. The van der Waals surface area contributed by atoms with Crippen LogP contribution < -0.4 is 10.5 Å². The standard InChI is InChI=1S/C17H23FN6O3S/c1-11(2)23-9-13(19-10-23)28(26,27)24-7-5-22(6-8-24)17-20-15(12-3-4-12)14(18)16(25)21-17/h9-12H,3-8H2,1-2H3,(H,20,21,25). The molecule has 0 spiro atoms. The summed E-state index contributed by atoms with van der Waals surface area (Å²) in [5, 5.41) is 0.0268. The number of halogens is 1.